The Morgan fingerprint density at radius 1 is 1.09 bits per heavy atom. The van der Waals surface area contributed by atoms with Gasteiger partial charge in [-0.2, -0.15) is 0 Å². The predicted octanol–water partition coefficient (Wildman–Crippen LogP) is 5.39. The first kappa shape index (κ1) is 23.3. The third kappa shape index (κ3) is 3.02. The number of fused-ring (bicyclic) bond motifs is 3. The van der Waals surface area contributed by atoms with Gasteiger partial charge in [-0.05, 0) is 80.9 Å². The normalized spacial score (nSPS) is 43.3. The van der Waals surface area contributed by atoms with Crippen molar-refractivity contribution in [2.45, 2.75) is 76.9 Å². The first-order chi connectivity index (χ1) is 16.1. The Morgan fingerprint density at radius 2 is 1.82 bits per heavy atom. The van der Waals surface area contributed by atoms with Crippen molar-refractivity contribution in [3.63, 3.8) is 0 Å². The fourth-order valence-electron chi connectivity index (χ4n) is 8.58. The summed E-state index contributed by atoms with van der Waals surface area (Å²) < 4.78 is 6.11. The molecule has 0 amide bonds. The monoisotopic (exact) mass is 464 g/mol. The molecule has 4 aliphatic rings. The van der Waals surface area contributed by atoms with Crippen LogP contribution in [0, 0.1) is 28.1 Å². The van der Waals surface area contributed by atoms with Crippen LogP contribution in [-0.4, -0.2) is 33.9 Å². The van der Waals surface area contributed by atoms with Crippen LogP contribution in [0.4, 0.5) is 0 Å². The molecule has 2 N–H and O–H groups in total. The summed E-state index contributed by atoms with van der Waals surface area (Å²) in [6, 6.07) is 9.61. The molecule has 0 heterocycles. The van der Waals surface area contributed by atoms with Crippen molar-refractivity contribution in [1.82, 2.24) is 0 Å². The van der Waals surface area contributed by atoms with Gasteiger partial charge in [0.25, 0.3) is 0 Å². The first-order valence-electron chi connectivity index (χ1n) is 12.7. The summed E-state index contributed by atoms with van der Waals surface area (Å²) in [6.07, 6.45) is 8.41. The van der Waals surface area contributed by atoms with E-state index in [0.29, 0.717) is 19.3 Å². The summed E-state index contributed by atoms with van der Waals surface area (Å²) in [6.45, 7) is 8.31. The number of aliphatic hydroxyl groups is 1. The molecule has 0 radical (unpaired) electrons. The number of hydrogen-bond acceptors (Lipinski definition) is 4. The first-order valence-corrected chi connectivity index (χ1v) is 12.7. The number of carbonyl (C=O) groups excluding carboxylic acids is 1. The van der Waals surface area contributed by atoms with Crippen molar-refractivity contribution in [3.05, 3.63) is 54.1 Å². The number of rotatable bonds is 4. The zero-order chi connectivity index (χ0) is 24.4. The highest BCUT2D eigenvalue weighted by atomic mass is 16.5. The van der Waals surface area contributed by atoms with E-state index in [4.69, 9.17) is 4.74 Å². The lowest BCUT2D eigenvalue weighted by Crippen LogP contribution is -2.71. The van der Waals surface area contributed by atoms with E-state index >= 15 is 0 Å². The number of carboxylic acids is 1. The molecule has 7 atom stereocenters. The van der Waals surface area contributed by atoms with Crippen LogP contribution in [0.3, 0.4) is 0 Å². The second-order valence-electron chi connectivity index (χ2n) is 11.7. The van der Waals surface area contributed by atoms with E-state index in [2.05, 4.69) is 13.5 Å². The molecule has 5 heteroatoms. The highest BCUT2D eigenvalue weighted by Gasteiger charge is 2.75. The summed E-state index contributed by atoms with van der Waals surface area (Å²) >= 11 is 0. The van der Waals surface area contributed by atoms with Gasteiger partial charge >= 0.3 is 11.9 Å². The van der Waals surface area contributed by atoms with Gasteiger partial charge in [-0.1, -0.05) is 50.3 Å². The number of ether oxygens (including phenoxy) is 1. The van der Waals surface area contributed by atoms with Gasteiger partial charge in [0.2, 0.25) is 0 Å². The second kappa shape index (κ2) is 7.81. The van der Waals surface area contributed by atoms with Crippen molar-refractivity contribution >= 4 is 18.0 Å². The van der Waals surface area contributed by atoms with Crippen LogP contribution in [-0.2, 0) is 14.3 Å². The van der Waals surface area contributed by atoms with Crippen LogP contribution in [0.25, 0.3) is 6.08 Å². The largest absolute Gasteiger partial charge is 0.481 e. The molecule has 4 aliphatic carbocycles. The summed E-state index contributed by atoms with van der Waals surface area (Å²) in [5.41, 5.74) is -1.26. The quantitative estimate of drug-likeness (QED) is 0.355. The van der Waals surface area contributed by atoms with E-state index in [1.54, 1.807) is 6.08 Å². The van der Waals surface area contributed by atoms with Crippen molar-refractivity contribution in [2.75, 3.05) is 0 Å². The Labute approximate surface area is 201 Å². The maximum atomic E-state index is 12.9. The number of benzene rings is 1. The highest BCUT2D eigenvalue weighted by Crippen LogP contribution is 2.74. The molecule has 0 unspecified atom stereocenters. The molecular formula is C29H36O5. The number of esters is 1. The molecule has 1 aromatic carbocycles. The third-order valence-corrected chi connectivity index (χ3v) is 10.3. The van der Waals surface area contributed by atoms with Gasteiger partial charge < -0.3 is 14.9 Å². The van der Waals surface area contributed by atoms with Crippen molar-refractivity contribution in [1.29, 1.82) is 0 Å². The van der Waals surface area contributed by atoms with Crippen LogP contribution in [0.5, 0.6) is 0 Å². The lowest BCUT2D eigenvalue weighted by atomic mass is 9.38. The van der Waals surface area contributed by atoms with Crippen LogP contribution in [0.2, 0.25) is 0 Å². The average Bonchev–Trinajstić information content (AvgIpc) is 3.03. The number of aliphatic carboxylic acids is 1. The Bertz CT molecular complexity index is 1050. The van der Waals surface area contributed by atoms with Gasteiger partial charge in [-0.15, -0.1) is 0 Å². The topological polar surface area (TPSA) is 83.8 Å². The summed E-state index contributed by atoms with van der Waals surface area (Å²) in [5, 5.41) is 22.8. The van der Waals surface area contributed by atoms with E-state index in [9.17, 15) is 19.8 Å². The Morgan fingerprint density at radius 3 is 2.53 bits per heavy atom. The number of hydrogen-bond donors (Lipinski definition) is 2. The lowest BCUT2D eigenvalue weighted by molar-refractivity contribution is -0.278. The molecule has 5 rings (SSSR count). The lowest BCUT2D eigenvalue weighted by Gasteiger charge is -2.68. The summed E-state index contributed by atoms with van der Waals surface area (Å²) in [4.78, 5) is 25.3. The molecule has 4 saturated carbocycles. The average molecular weight is 465 g/mol. The van der Waals surface area contributed by atoms with Crippen LogP contribution < -0.4 is 0 Å². The van der Waals surface area contributed by atoms with Crippen molar-refractivity contribution < 1.29 is 24.5 Å². The molecule has 182 valence electrons. The van der Waals surface area contributed by atoms with Gasteiger partial charge in [-0.25, -0.2) is 4.79 Å². The van der Waals surface area contributed by atoms with E-state index < -0.39 is 39.9 Å². The minimum atomic E-state index is -1.09. The molecular weight excluding hydrogens is 428 g/mol. The molecule has 1 aromatic rings. The molecule has 4 fully saturated rings. The zero-order valence-electron chi connectivity index (χ0n) is 20.3. The maximum absolute atomic E-state index is 12.9. The van der Waals surface area contributed by atoms with Crippen LogP contribution in [0.1, 0.15) is 70.8 Å². The van der Waals surface area contributed by atoms with E-state index in [0.717, 1.165) is 43.2 Å². The molecule has 2 bridgehead atoms. The van der Waals surface area contributed by atoms with E-state index in [1.165, 1.54) is 6.08 Å². The minimum Gasteiger partial charge on any atom is -0.481 e. The van der Waals surface area contributed by atoms with Crippen molar-refractivity contribution in [2.24, 2.45) is 28.1 Å². The predicted molar refractivity (Wildman–Crippen MR) is 130 cm³/mol. The zero-order valence-corrected chi connectivity index (χ0v) is 20.3. The van der Waals surface area contributed by atoms with E-state index in [-0.39, 0.29) is 11.8 Å². The molecule has 0 aromatic heterocycles. The Kier molecular flexibility index (Phi) is 5.36. The van der Waals surface area contributed by atoms with Crippen LogP contribution in [0.15, 0.2) is 48.6 Å². The standard InChI is InChI=1S/C29H36O5/c1-19-21-12-17-29(33)27(3)15-7-14-26(2,25(31)32)22(27)13-16-28(29,18-21)24(19)34-23(30)11-10-20-8-5-4-6-9-20/h4-6,8-11,21-22,24,33H,1,7,12-18H2,2-3H3,(H,31,32)/t21-,22-,24+,26-,27-,28+,29-/m1/s1. The fraction of sp³-hybridized carbons (Fsp3) is 0.586. The summed E-state index contributed by atoms with van der Waals surface area (Å²) in [7, 11) is 0. The van der Waals surface area contributed by atoms with Crippen molar-refractivity contribution in [3.8, 4) is 0 Å². The third-order valence-electron chi connectivity index (χ3n) is 10.3. The van der Waals surface area contributed by atoms with Gasteiger partial charge in [0.15, 0.2) is 0 Å². The van der Waals surface area contributed by atoms with Gasteiger partial charge in [0.05, 0.1) is 11.0 Å². The van der Waals surface area contributed by atoms with Gasteiger partial charge in [-0.3, -0.25) is 4.79 Å². The Hall–Kier alpha value is -2.40. The minimum absolute atomic E-state index is 0.110. The molecule has 5 nitrogen and oxygen atoms in total. The van der Waals surface area contributed by atoms with Gasteiger partial charge in [0.1, 0.15) is 6.10 Å². The SMILES string of the molecule is C=C1[C@@H]2CC[C@]3(O)[C@@](CC[C@@H]4[C@](C)(C(=O)O)CCC[C@]43C)(C2)[C@H]1OC(=O)C=Cc1ccccc1. The molecule has 34 heavy (non-hydrogen) atoms. The van der Waals surface area contributed by atoms with Gasteiger partial charge in [0, 0.05) is 16.9 Å². The molecule has 1 spiro atoms. The summed E-state index contributed by atoms with van der Waals surface area (Å²) in [5.74, 6) is -1.07. The second-order valence-corrected chi connectivity index (χ2v) is 11.7. The highest BCUT2D eigenvalue weighted by molar-refractivity contribution is 5.87. The van der Waals surface area contributed by atoms with Crippen LogP contribution >= 0.6 is 0 Å². The Balaban J connectivity index is 1.49. The number of carboxylic acid groups (broad SMARTS) is 1. The molecule has 0 saturated heterocycles. The molecule has 0 aliphatic heterocycles. The smallest absolute Gasteiger partial charge is 0.331 e. The fourth-order valence-corrected chi connectivity index (χ4v) is 8.58. The maximum Gasteiger partial charge on any atom is 0.331 e. The van der Waals surface area contributed by atoms with E-state index in [1.807, 2.05) is 37.3 Å². The number of carbonyl (C=O) groups is 2.